The zero-order chi connectivity index (χ0) is 32.0. The van der Waals surface area contributed by atoms with Gasteiger partial charge in [0.15, 0.2) is 0 Å². The fourth-order valence-corrected chi connectivity index (χ4v) is 12.3. The van der Waals surface area contributed by atoms with Crippen molar-refractivity contribution in [3.63, 3.8) is 0 Å². The number of benzene rings is 3. The molecule has 3 aromatic carbocycles. The SMILES string of the molecule is O=C(OC1CC2CC1CC2CCl)C(C(F)(F)F)(C(F)(F)F)S(=O)(=O)OS(c1ccccc1)(c1ccccc1)c1ccccc1. The maximum Gasteiger partial charge on any atom is 0.430 e. The largest absolute Gasteiger partial charge is 0.460 e. The highest BCUT2D eigenvalue weighted by atomic mass is 35.5. The molecule has 0 radical (unpaired) electrons. The summed E-state index contributed by atoms with van der Waals surface area (Å²) in [4.78, 5) is 13.3. The van der Waals surface area contributed by atoms with Crippen molar-refractivity contribution in [2.24, 2.45) is 17.8 Å². The van der Waals surface area contributed by atoms with E-state index in [0.717, 1.165) is 0 Å². The van der Waals surface area contributed by atoms with Crippen LogP contribution in [-0.2, 0) is 23.3 Å². The van der Waals surface area contributed by atoms with Crippen LogP contribution in [0.25, 0.3) is 0 Å². The van der Waals surface area contributed by atoms with Gasteiger partial charge in [0.05, 0.1) is 0 Å². The third-order valence-electron chi connectivity index (χ3n) is 8.27. The van der Waals surface area contributed by atoms with Crippen molar-refractivity contribution in [1.82, 2.24) is 0 Å². The lowest BCUT2D eigenvalue weighted by Crippen LogP contribution is -2.68. The molecule has 4 atom stereocenters. The number of carbonyl (C=O) groups excluding carboxylic acids is 1. The van der Waals surface area contributed by atoms with E-state index in [4.69, 9.17) is 20.0 Å². The highest BCUT2D eigenvalue weighted by Crippen LogP contribution is 2.71. The molecule has 2 saturated carbocycles. The lowest BCUT2D eigenvalue weighted by atomic mass is 9.88. The highest BCUT2D eigenvalue weighted by Gasteiger charge is 2.86. The van der Waals surface area contributed by atoms with Crippen LogP contribution in [0, 0.1) is 17.8 Å². The molecule has 238 valence electrons. The highest BCUT2D eigenvalue weighted by molar-refractivity contribution is 8.33. The van der Waals surface area contributed by atoms with Crippen LogP contribution in [0.5, 0.6) is 0 Å². The number of ether oxygens (including phenoxy) is 1. The lowest BCUT2D eigenvalue weighted by molar-refractivity contribution is -0.270. The summed E-state index contributed by atoms with van der Waals surface area (Å²) in [6, 6.07) is 21.3. The number of esters is 1. The van der Waals surface area contributed by atoms with Gasteiger partial charge in [0.1, 0.15) is 6.10 Å². The molecule has 14 heteroatoms. The summed E-state index contributed by atoms with van der Waals surface area (Å²) in [6.45, 7) is 0. The summed E-state index contributed by atoms with van der Waals surface area (Å²) >= 11 is 5.92. The van der Waals surface area contributed by atoms with E-state index in [1.54, 1.807) is 0 Å². The van der Waals surface area contributed by atoms with E-state index in [2.05, 4.69) is 0 Å². The summed E-state index contributed by atoms with van der Waals surface area (Å²) in [7, 11) is -10.9. The van der Waals surface area contributed by atoms with Gasteiger partial charge in [-0.2, -0.15) is 34.8 Å². The molecule has 0 aliphatic heterocycles. The lowest BCUT2D eigenvalue weighted by Gasteiger charge is -2.43. The molecule has 0 aromatic heterocycles. The summed E-state index contributed by atoms with van der Waals surface area (Å²) in [6.07, 6.45) is -14.1. The molecule has 2 aliphatic rings. The normalized spacial score (nSPS) is 23.0. The third-order valence-corrected chi connectivity index (χ3v) is 14.4. The minimum absolute atomic E-state index is 0.0201. The third kappa shape index (κ3) is 5.29. The van der Waals surface area contributed by atoms with Gasteiger partial charge in [0.25, 0.3) is 0 Å². The molecule has 4 unspecified atom stereocenters. The molecule has 2 aliphatic carbocycles. The molecule has 44 heavy (non-hydrogen) atoms. The van der Waals surface area contributed by atoms with Crippen LogP contribution in [0.1, 0.15) is 19.3 Å². The first-order chi connectivity index (χ1) is 20.7. The maximum absolute atomic E-state index is 14.9. The van der Waals surface area contributed by atoms with Crippen molar-refractivity contribution in [3.8, 4) is 0 Å². The van der Waals surface area contributed by atoms with E-state index in [0.29, 0.717) is 12.8 Å². The fraction of sp³-hybridized carbons (Fsp3) is 0.367. The first-order valence-electron chi connectivity index (χ1n) is 13.5. The molecule has 2 fully saturated rings. The van der Waals surface area contributed by atoms with E-state index >= 15 is 0 Å². The molecule has 5 nitrogen and oxygen atoms in total. The number of halogens is 7. The quantitative estimate of drug-likeness (QED) is 0.129. The van der Waals surface area contributed by atoms with Crippen LogP contribution < -0.4 is 0 Å². The molecule has 0 saturated heterocycles. The molecule has 2 bridgehead atoms. The minimum atomic E-state index is -6.98. The number of alkyl halides is 7. The first kappa shape index (κ1) is 32.6. The number of hydrogen-bond donors (Lipinski definition) is 0. The number of rotatable bonds is 9. The standard InChI is InChI=1S/C30H27ClF6O5S2/c31-19-22-17-21-16-20(22)18-26(21)41-27(38)28(29(32,33)34,30(35,36)37)44(39,40)42-43(23-10-4-1-5-11-23,24-12-6-2-7-13-24)25-14-8-3-9-15-25/h1-15,20-22,26H,16-19H2. The van der Waals surface area contributed by atoms with Gasteiger partial charge >= 0.3 is 33.2 Å². The Balaban J connectivity index is 1.70. The van der Waals surface area contributed by atoms with E-state index in [-0.39, 0.29) is 38.8 Å². The van der Waals surface area contributed by atoms with Gasteiger partial charge in [-0.25, -0.2) is 8.42 Å². The molecular weight excluding hydrogens is 654 g/mol. The van der Waals surface area contributed by atoms with Gasteiger partial charge in [0.2, 0.25) is 0 Å². The molecule has 0 spiro atoms. The second kappa shape index (κ2) is 11.9. The summed E-state index contributed by atoms with van der Waals surface area (Å²) in [5, 5.41) is 0. The average Bonchev–Trinajstić information content (AvgIpc) is 3.56. The van der Waals surface area contributed by atoms with E-state index < -0.39 is 55.5 Å². The Kier molecular flexibility index (Phi) is 8.82. The second-order valence-corrected chi connectivity index (χ2v) is 15.7. The van der Waals surface area contributed by atoms with Gasteiger partial charge in [-0.1, -0.05) is 54.6 Å². The van der Waals surface area contributed by atoms with Gasteiger partial charge in [-0.15, -0.1) is 11.6 Å². The first-order valence-corrected chi connectivity index (χ1v) is 17.0. The molecule has 3 aromatic rings. The summed E-state index contributed by atoms with van der Waals surface area (Å²) < 4.78 is 122. The smallest absolute Gasteiger partial charge is 0.430 e. The van der Waals surface area contributed by atoms with Crippen molar-refractivity contribution in [2.75, 3.05) is 5.88 Å². The van der Waals surface area contributed by atoms with Gasteiger partial charge in [-0.3, -0.25) is 0 Å². The van der Waals surface area contributed by atoms with E-state index in [1.165, 1.54) is 91.0 Å². The average molecular weight is 681 g/mol. The Morgan fingerprint density at radius 1 is 0.705 bits per heavy atom. The van der Waals surface area contributed by atoms with Gasteiger partial charge in [0, 0.05) is 20.6 Å². The summed E-state index contributed by atoms with van der Waals surface area (Å²) in [5.41, 5.74) is 0. The maximum atomic E-state index is 14.9. The van der Waals surface area contributed by atoms with E-state index in [9.17, 15) is 39.6 Å². The predicted molar refractivity (Wildman–Crippen MR) is 151 cm³/mol. The fourth-order valence-electron chi connectivity index (χ4n) is 6.22. The van der Waals surface area contributed by atoms with Crippen LogP contribution in [0.4, 0.5) is 26.3 Å². The zero-order valence-corrected chi connectivity index (χ0v) is 25.2. The molecule has 0 heterocycles. The Bertz CT molecular complexity index is 1460. The molecule has 0 N–H and O–H groups in total. The van der Waals surface area contributed by atoms with Crippen molar-refractivity contribution in [2.45, 2.75) is 57.2 Å². The number of fused-ring (bicyclic) bond motifs is 2. The zero-order valence-electron chi connectivity index (χ0n) is 22.8. The van der Waals surface area contributed by atoms with Crippen LogP contribution in [0.15, 0.2) is 106 Å². The minimum Gasteiger partial charge on any atom is -0.460 e. The van der Waals surface area contributed by atoms with Gasteiger partial charge in [-0.05, 0) is 83.7 Å². The Morgan fingerprint density at radius 2 is 1.14 bits per heavy atom. The van der Waals surface area contributed by atoms with Crippen LogP contribution in [0.2, 0.25) is 0 Å². The Morgan fingerprint density at radius 3 is 1.48 bits per heavy atom. The molecule has 0 amide bonds. The van der Waals surface area contributed by atoms with Crippen LogP contribution in [-0.4, -0.2) is 43.5 Å². The van der Waals surface area contributed by atoms with Gasteiger partial charge < -0.3 is 4.74 Å². The molecule has 5 rings (SSSR count). The second-order valence-electron chi connectivity index (χ2n) is 10.8. The van der Waals surface area contributed by atoms with Crippen molar-refractivity contribution in [1.29, 1.82) is 0 Å². The number of carbonyl (C=O) groups is 1. The van der Waals surface area contributed by atoms with Crippen molar-refractivity contribution < 1.29 is 47.9 Å². The van der Waals surface area contributed by atoms with E-state index in [1.807, 2.05) is 0 Å². The summed E-state index contributed by atoms with van der Waals surface area (Å²) in [5.74, 6) is -3.48. The Hall–Kier alpha value is -2.74. The predicted octanol–water partition coefficient (Wildman–Crippen LogP) is 8.29. The Labute approximate surface area is 257 Å². The molecular formula is C30H27ClF6O5S2. The number of hydrogen-bond acceptors (Lipinski definition) is 5. The topological polar surface area (TPSA) is 69.7 Å². The van der Waals surface area contributed by atoms with Crippen molar-refractivity contribution in [3.05, 3.63) is 91.0 Å². The van der Waals surface area contributed by atoms with Crippen molar-refractivity contribution >= 4 is 38.0 Å². The van der Waals surface area contributed by atoms with Crippen LogP contribution in [0.3, 0.4) is 0 Å². The van der Waals surface area contributed by atoms with Crippen LogP contribution >= 0.6 is 21.9 Å². The monoisotopic (exact) mass is 680 g/mol.